The number of rotatable bonds is 0. The van der Waals surface area contributed by atoms with Gasteiger partial charge in [0.15, 0.2) is 18.2 Å². The molecule has 0 aromatic carbocycles. The van der Waals surface area contributed by atoms with Crippen LogP contribution in [0.5, 0.6) is 0 Å². The molecule has 3 aliphatic rings. The topological polar surface area (TPSA) is 83.5 Å². The molecular formula is C12H14O7. The smallest absolute Gasteiger partial charge is 0.381 e. The van der Waals surface area contributed by atoms with Crippen molar-refractivity contribution in [1.29, 1.82) is 0 Å². The quantitative estimate of drug-likeness (QED) is 0.604. The fourth-order valence-corrected chi connectivity index (χ4v) is 2.48. The molecule has 3 aliphatic heterocycles. The Hall–Kier alpha value is -1.17. The van der Waals surface area contributed by atoms with Crippen molar-refractivity contribution in [2.45, 2.75) is 50.3 Å². The first-order valence-corrected chi connectivity index (χ1v) is 5.95. The highest BCUT2D eigenvalue weighted by molar-refractivity contribution is 5.86. The Morgan fingerprint density at radius 1 is 1.21 bits per heavy atom. The first-order valence-electron chi connectivity index (χ1n) is 5.95. The van der Waals surface area contributed by atoms with Crippen LogP contribution < -0.4 is 0 Å². The van der Waals surface area contributed by atoms with Crippen LogP contribution in [0, 0.1) is 11.8 Å². The van der Waals surface area contributed by atoms with Gasteiger partial charge in [0.05, 0.1) is 0 Å². The molecule has 0 saturated carbocycles. The Morgan fingerprint density at radius 3 is 2.68 bits per heavy atom. The minimum atomic E-state index is -1.22. The lowest BCUT2D eigenvalue weighted by Gasteiger charge is -2.34. The summed E-state index contributed by atoms with van der Waals surface area (Å²) in [5, 5.41) is 8.60. The fraction of sp³-hybridized carbons (Fsp3) is 0.750. The maximum Gasteiger partial charge on any atom is 0.381 e. The van der Waals surface area contributed by atoms with Gasteiger partial charge in [-0.15, -0.1) is 0 Å². The van der Waals surface area contributed by atoms with E-state index in [9.17, 15) is 4.79 Å². The van der Waals surface area contributed by atoms with Crippen molar-refractivity contribution in [2.75, 3.05) is 6.79 Å². The van der Waals surface area contributed by atoms with Crippen molar-refractivity contribution in [1.82, 2.24) is 0 Å². The van der Waals surface area contributed by atoms with E-state index >= 15 is 0 Å². The summed E-state index contributed by atoms with van der Waals surface area (Å²) in [5.74, 6) is 2.56. The average molecular weight is 270 g/mol. The van der Waals surface area contributed by atoms with E-state index < -0.39 is 36.4 Å². The molecule has 0 unspecified atom stereocenters. The van der Waals surface area contributed by atoms with Gasteiger partial charge in [-0.3, -0.25) is 0 Å². The second kappa shape index (κ2) is 4.44. The molecule has 0 aromatic rings. The molecular weight excluding hydrogens is 256 g/mol. The van der Waals surface area contributed by atoms with Gasteiger partial charge >= 0.3 is 5.97 Å². The number of fused-ring (bicyclic) bond motifs is 3. The molecule has 0 radical (unpaired) electrons. The van der Waals surface area contributed by atoms with Crippen LogP contribution in [0.15, 0.2) is 0 Å². The number of aliphatic carboxylic acids is 1. The molecule has 104 valence electrons. The van der Waals surface area contributed by atoms with Crippen LogP contribution in [-0.2, 0) is 28.5 Å². The van der Waals surface area contributed by atoms with Crippen molar-refractivity contribution in [3.8, 4) is 11.8 Å². The minimum Gasteiger partial charge on any atom is -0.472 e. The molecule has 0 aromatic heterocycles. The first kappa shape index (κ1) is 12.8. The zero-order valence-corrected chi connectivity index (χ0v) is 10.5. The van der Waals surface area contributed by atoms with E-state index in [2.05, 4.69) is 5.92 Å². The third kappa shape index (κ3) is 2.33. The lowest BCUT2D eigenvalue weighted by atomic mass is 9.99. The molecule has 0 aliphatic carbocycles. The summed E-state index contributed by atoms with van der Waals surface area (Å²) >= 11 is 0. The van der Waals surface area contributed by atoms with Crippen molar-refractivity contribution in [2.24, 2.45) is 0 Å². The van der Waals surface area contributed by atoms with E-state index in [1.807, 2.05) is 5.92 Å². The first-order chi connectivity index (χ1) is 8.96. The molecule has 1 N–H and O–H groups in total. The predicted molar refractivity (Wildman–Crippen MR) is 58.7 cm³/mol. The summed E-state index contributed by atoms with van der Waals surface area (Å²) in [6, 6.07) is 0. The summed E-state index contributed by atoms with van der Waals surface area (Å²) in [4.78, 5) is 10.5. The SMILES string of the molecule is CC1(C)O[C@H]2O[C@H](C#CC(=O)O)[C@@H]3OCO[C@@H]3[C@H]2O1. The molecule has 3 saturated heterocycles. The van der Waals surface area contributed by atoms with Crippen molar-refractivity contribution < 1.29 is 33.6 Å². The summed E-state index contributed by atoms with van der Waals surface area (Å²) in [7, 11) is 0. The minimum absolute atomic E-state index is 0.108. The fourth-order valence-electron chi connectivity index (χ4n) is 2.48. The zero-order valence-electron chi connectivity index (χ0n) is 10.5. The molecule has 19 heavy (non-hydrogen) atoms. The van der Waals surface area contributed by atoms with Crippen LogP contribution in [0.2, 0.25) is 0 Å². The van der Waals surface area contributed by atoms with E-state index in [1.54, 1.807) is 13.8 Å². The second-order valence-electron chi connectivity index (χ2n) is 4.98. The lowest BCUT2D eigenvalue weighted by Crippen LogP contribution is -2.54. The summed E-state index contributed by atoms with van der Waals surface area (Å²) in [6.07, 6.45) is -2.57. The van der Waals surface area contributed by atoms with Gasteiger partial charge < -0.3 is 28.8 Å². The average Bonchev–Trinajstić information content (AvgIpc) is 2.87. The van der Waals surface area contributed by atoms with Crippen LogP contribution in [0.25, 0.3) is 0 Å². The number of ether oxygens (including phenoxy) is 5. The Kier molecular flexibility index (Phi) is 3.00. The highest BCUT2D eigenvalue weighted by Gasteiger charge is 2.57. The lowest BCUT2D eigenvalue weighted by molar-refractivity contribution is -0.218. The maximum absolute atomic E-state index is 10.5. The molecule has 3 heterocycles. The van der Waals surface area contributed by atoms with Gasteiger partial charge in [-0.2, -0.15) is 0 Å². The molecule has 7 heteroatoms. The van der Waals surface area contributed by atoms with Gasteiger partial charge in [0.2, 0.25) is 0 Å². The van der Waals surface area contributed by atoms with Gasteiger partial charge in [-0.25, -0.2) is 4.79 Å². The molecule has 7 nitrogen and oxygen atoms in total. The van der Waals surface area contributed by atoms with E-state index in [4.69, 9.17) is 28.8 Å². The van der Waals surface area contributed by atoms with E-state index in [1.165, 1.54) is 0 Å². The van der Waals surface area contributed by atoms with Gasteiger partial charge in [0, 0.05) is 5.92 Å². The van der Waals surface area contributed by atoms with Crippen molar-refractivity contribution in [3.05, 3.63) is 0 Å². The summed E-state index contributed by atoms with van der Waals surface area (Å²) in [6.45, 7) is 3.66. The summed E-state index contributed by atoms with van der Waals surface area (Å²) in [5.41, 5.74) is 0. The maximum atomic E-state index is 10.5. The monoisotopic (exact) mass is 270 g/mol. The van der Waals surface area contributed by atoms with Crippen LogP contribution >= 0.6 is 0 Å². The second-order valence-corrected chi connectivity index (χ2v) is 4.98. The van der Waals surface area contributed by atoms with E-state index in [-0.39, 0.29) is 12.9 Å². The standard InChI is InChI=1S/C12H14O7/c1-12(2)18-10-9-8(15-5-16-9)6(3-4-7(13)14)17-11(10)19-12/h6,8-11H,5H2,1-2H3,(H,13,14)/t6-,8+,9+,10-,11-/m1/s1. The Labute approximate surface area is 109 Å². The predicted octanol–water partition coefficient (Wildman–Crippen LogP) is -0.308. The normalized spacial score (nSPS) is 42.9. The van der Waals surface area contributed by atoms with Gasteiger partial charge in [0.1, 0.15) is 25.1 Å². The Bertz CT molecular complexity index is 449. The third-order valence-corrected chi connectivity index (χ3v) is 3.16. The Morgan fingerprint density at radius 2 is 1.95 bits per heavy atom. The van der Waals surface area contributed by atoms with Crippen LogP contribution in [-0.4, -0.2) is 54.4 Å². The largest absolute Gasteiger partial charge is 0.472 e. The number of carboxylic acid groups (broad SMARTS) is 1. The number of hydrogen-bond acceptors (Lipinski definition) is 6. The van der Waals surface area contributed by atoms with E-state index in [0.717, 1.165) is 0 Å². The molecule has 3 fully saturated rings. The molecule has 5 atom stereocenters. The van der Waals surface area contributed by atoms with Gasteiger partial charge in [-0.05, 0) is 13.8 Å². The van der Waals surface area contributed by atoms with E-state index in [0.29, 0.717) is 0 Å². The van der Waals surface area contributed by atoms with Crippen LogP contribution in [0.1, 0.15) is 13.8 Å². The molecule has 0 amide bonds. The summed E-state index contributed by atoms with van der Waals surface area (Å²) < 4.78 is 27.8. The zero-order chi connectivity index (χ0) is 13.6. The van der Waals surface area contributed by atoms with Crippen molar-refractivity contribution >= 4 is 5.97 Å². The van der Waals surface area contributed by atoms with Crippen LogP contribution in [0.4, 0.5) is 0 Å². The molecule has 0 spiro atoms. The van der Waals surface area contributed by atoms with Gasteiger partial charge in [0.25, 0.3) is 0 Å². The third-order valence-electron chi connectivity index (χ3n) is 3.16. The highest BCUT2D eigenvalue weighted by atomic mass is 16.8. The van der Waals surface area contributed by atoms with Gasteiger partial charge in [-0.1, -0.05) is 5.92 Å². The number of carbonyl (C=O) groups is 1. The Balaban J connectivity index is 1.83. The van der Waals surface area contributed by atoms with Crippen molar-refractivity contribution in [3.63, 3.8) is 0 Å². The van der Waals surface area contributed by atoms with Crippen LogP contribution in [0.3, 0.4) is 0 Å². The molecule has 3 rings (SSSR count). The number of hydrogen-bond donors (Lipinski definition) is 1. The number of carboxylic acids is 1. The highest BCUT2D eigenvalue weighted by Crippen LogP contribution is 2.39. The molecule has 0 bridgehead atoms.